The molecule has 4 rings (SSSR count). The zero-order chi connectivity index (χ0) is 25.8. The second-order valence-corrected chi connectivity index (χ2v) is 9.32. The summed E-state index contributed by atoms with van der Waals surface area (Å²) in [7, 11) is 0. The van der Waals surface area contributed by atoms with Crippen LogP contribution in [0.5, 0.6) is 0 Å². The Morgan fingerprint density at radius 3 is 2.33 bits per heavy atom. The van der Waals surface area contributed by atoms with Crippen LogP contribution in [0.25, 0.3) is 5.69 Å². The number of aromatic carboxylic acids is 1. The summed E-state index contributed by atoms with van der Waals surface area (Å²) in [5.41, 5.74) is 0.622. The van der Waals surface area contributed by atoms with E-state index in [1.807, 2.05) is 49.4 Å². The van der Waals surface area contributed by atoms with Crippen molar-refractivity contribution >= 4 is 39.4 Å². The van der Waals surface area contributed by atoms with Crippen LogP contribution in [-0.4, -0.2) is 31.7 Å². The molecule has 3 aromatic carbocycles. The molecule has 36 heavy (non-hydrogen) atoms. The lowest BCUT2D eigenvalue weighted by atomic mass is 10.2. The Balaban J connectivity index is 1.90. The molecule has 10 heteroatoms. The van der Waals surface area contributed by atoms with Crippen molar-refractivity contribution in [3.63, 3.8) is 0 Å². The minimum Gasteiger partial charge on any atom is -0.478 e. The maximum atomic E-state index is 13.8. The van der Waals surface area contributed by atoms with E-state index in [2.05, 4.69) is 20.9 Å². The number of anilines is 1. The fraction of sp³-hybridized carbons (Fsp3) is 0.154. The third-order valence-electron chi connectivity index (χ3n) is 5.62. The summed E-state index contributed by atoms with van der Waals surface area (Å²) >= 11 is 9.61. The summed E-state index contributed by atoms with van der Waals surface area (Å²) in [6.45, 7) is 2.77. The number of carboxylic acid groups (broad SMARTS) is 1. The first-order chi connectivity index (χ1) is 17.3. The van der Waals surface area contributed by atoms with Crippen molar-refractivity contribution in [3.8, 4) is 5.69 Å². The average molecular weight is 570 g/mol. The molecule has 0 unspecified atom stereocenters. The summed E-state index contributed by atoms with van der Waals surface area (Å²) in [4.78, 5) is 44.5. The minimum atomic E-state index is -1.18. The predicted octanol–water partition coefficient (Wildman–Crippen LogP) is 4.58. The molecule has 4 aromatic rings. The summed E-state index contributed by atoms with van der Waals surface area (Å²) in [5.74, 6) is -1.04. The van der Waals surface area contributed by atoms with Crippen molar-refractivity contribution in [2.75, 3.05) is 11.4 Å². The predicted molar refractivity (Wildman–Crippen MR) is 142 cm³/mol. The monoisotopic (exact) mass is 568 g/mol. The van der Waals surface area contributed by atoms with Gasteiger partial charge >= 0.3 is 17.3 Å². The van der Waals surface area contributed by atoms with Crippen LogP contribution in [0.3, 0.4) is 0 Å². The van der Waals surface area contributed by atoms with Crippen molar-refractivity contribution in [1.82, 2.24) is 14.1 Å². The number of benzene rings is 3. The molecule has 184 valence electrons. The number of nitrogens with zero attached hydrogens (tertiary/aromatic N) is 4. The lowest BCUT2D eigenvalue weighted by molar-refractivity contribution is 0.0697. The van der Waals surface area contributed by atoms with Crippen LogP contribution < -0.4 is 16.3 Å². The van der Waals surface area contributed by atoms with Crippen LogP contribution >= 0.6 is 27.5 Å². The highest BCUT2D eigenvalue weighted by atomic mass is 79.9. The van der Waals surface area contributed by atoms with Gasteiger partial charge in [0.25, 0.3) is 0 Å². The van der Waals surface area contributed by atoms with Crippen LogP contribution in [0.2, 0.25) is 5.02 Å². The quantitative estimate of drug-likeness (QED) is 0.334. The molecular weight excluding hydrogens is 548 g/mol. The number of carbonyl (C=O) groups is 1. The highest BCUT2D eigenvalue weighted by Gasteiger charge is 2.21. The van der Waals surface area contributed by atoms with Gasteiger partial charge in [0, 0.05) is 17.6 Å². The Hall–Kier alpha value is -3.69. The molecule has 0 spiro atoms. The Labute approximate surface area is 220 Å². The SMILES string of the molecule is CCN(Cc1ccccc1)c1nc(=O)n(Cc2ccc(Br)cc2)c(=O)n1-c1ccc(C(=O)O)c(Cl)c1. The first kappa shape index (κ1) is 25.4. The molecule has 1 aromatic heterocycles. The molecule has 0 saturated carbocycles. The lowest BCUT2D eigenvalue weighted by Gasteiger charge is -2.25. The average Bonchev–Trinajstić information content (AvgIpc) is 2.86. The number of halogens is 2. The summed E-state index contributed by atoms with van der Waals surface area (Å²) in [5, 5.41) is 9.34. The van der Waals surface area contributed by atoms with Gasteiger partial charge in [-0.25, -0.2) is 23.5 Å². The standard InChI is InChI=1S/C26H22BrClN4O4/c1-2-30(15-17-6-4-3-5-7-17)24-29-25(35)31(16-18-8-10-19(27)11-9-18)26(36)32(24)20-12-13-21(23(33)34)22(28)14-20/h3-14H,2,15-16H2,1H3,(H,33,34). The van der Waals surface area contributed by atoms with Gasteiger partial charge in [0.05, 0.1) is 22.8 Å². The molecule has 0 atom stereocenters. The van der Waals surface area contributed by atoms with Crippen molar-refractivity contribution in [3.05, 3.63) is 120 Å². The van der Waals surface area contributed by atoms with E-state index in [-0.39, 0.29) is 23.1 Å². The minimum absolute atomic E-state index is 0.0178. The van der Waals surface area contributed by atoms with Gasteiger partial charge in [-0.2, -0.15) is 4.98 Å². The van der Waals surface area contributed by atoms with Gasteiger partial charge in [0.15, 0.2) is 0 Å². The lowest BCUT2D eigenvalue weighted by Crippen LogP contribution is -2.44. The third kappa shape index (κ3) is 5.42. The van der Waals surface area contributed by atoms with Gasteiger partial charge in [-0.3, -0.25) is 0 Å². The van der Waals surface area contributed by atoms with Crippen molar-refractivity contribution < 1.29 is 9.90 Å². The van der Waals surface area contributed by atoms with E-state index in [0.717, 1.165) is 20.2 Å². The van der Waals surface area contributed by atoms with Gasteiger partial charge in [-0.1, -0.05) is 70.0 Å². The van der Waals surface area contributed by atoms with Crippen LogP contribution in [0.4, 0.5) is 5.95 Å². The summed E-state index contributed by atoms with van der Waals surface area (Å²) in [6, 6.07) is 21.1. The van der Waals surface area contributed by atoms with Crippen molar-refractivity contribution in [2.45, 2.75) is 20.0 Å². The van der Waals surface area contributed by atoms with Crippen molar-refractivity contribution in [1.29, 1.82) is 0 Å². The summed E-state index contributed by atoms with van der Waals surface area (Å²) in [6.07, 6.45) is 0. The number of hydrogen-bond acceptors (Lipinski definition) is 5. The Morgan fingerprint density at radius 1 is 1.03 bits per heavy atom. The zero-order valence-electron chi connectivity index (χ0n) is 19.3. The molecule has 0 bridgehead atoms. The molecule has 0 aliphatic rings. The Bertz CT molecular complexity index is 1520. The molecule has 0 amide bonds. The zero-order valence-corrected chi connectivity index (χ0v) is 21.6. The second-order valence-electron chi connectivity index (χ2n) is 7.99. The maximum absolute atomic E-state index is 13.8. The van der Waals surface area contributed by atoms with Gasteiger partial charge < -0.3 is 10.0 Å². The second kappa shape index (κ2) is 10.9. The Morgan fingerprint density at radius 2 is 1.72 bits per heavy atom. The molecule has 0 saturated heterocycles. The largest absolute Gasteiger partial charge is 0.478 e. The topological polar surface area (TPSA) is 97.4 Å². The van der Waals surface area contributed by atoms with Gasteiger partial charge in [-0.05, 0) is 48.4 Å². The fourth-order valence-electron chi connectivity index (χ4n) is 3.77. The molecular formula is C26H22BrClN4O4. The highest BCUT2D eigenvalue weighted by molar-refractivity contribution is 9.10. The first-order valence-electron chi connectivity index (χ1n) is 11.1. The molecule has 0 fully saturated rings. The molecule has 0 aliphatic heterocycles. The van der Waals surface area contributed by atoms with E-state index in [0.29, 0.717) is 18.8 Å². The number of rotatable bonds is 8. The van der Waals surface area contributed by atoms with Crippen molar-refractivity contribution in [2.24, 2.45) is 0 Å². The van der Waals surface area contributed by atoms with Gasteiger partial charge in [0.1, 0.15) is 0 Å². The van der Waals surface area contributed by atoms with E-state index in [1.165, 1.54) is 22.8 Å². The molecule has 0 radical (unpaired) electrons. The number of carboxylic acids is 1. The Kier molecular flexibility index (Phi) is 7.71. The van der Waals surface area contributed by atoms with Crippen LogP contribution in [-0.2, 0) is 13.1 Å². The van der Waals surface area contributed by atoms with E-state index >= 15 is 0 Å². The summed E-state index contributed by atoms with van der Waals surface area (Å²) < 4.78 is 3.21. The highest BCUT2D eigenvalue weighted by Crippen LogP contribution is 2.23. The molecule has 1 N–H and O–H groups in total. The number of aromatic nitrogens is 3. The van der Waals surface area contributed by atoms with Crippen LogP contribution in [0, 0.1) is 0 Å². The van der Waals surface area contributed by atoms with Gasteiger partial charge in [-0.15, -0.1) is 0 Å². The molecule has 0 aliphatic carbocycles. The van der Waals surface area contributed by atoms with E-state index < -0.39 is 17.3 Å². The van der Waals surface area contributed by atoms with E-state index in [1.54, 1.807) is 17.0 Å². The van der Waals surface area contributed by atoms with E-state index in [9.17, 15) is 19.5 Å². The molecule has 8 nitrogen and oxygen atoms in total. The van der Waals surface area contributed by atoms with Gasteiger partial charge in [0.2, 0.25) is 5.95 Å². The normalized spacial score (nSPS) is 10.9. The molecule has 1 heterocycles. The van der Waals surface area contributed by atoms with E-state index in [4.69, 9.17) is 11.6 Å². The fourth-order valence-corrected chi connectivity index (χ4v) is 4.29. The smallest absolute Gasteiger partial charge is 0.355 e. The van der Waals surface area contributed by atoms with Crippen LogP contribution in [0.15, 0.2) is 86.9 Å². The first-order valence-corrected chi connectivity index (χ1v) is 12.3. The maximum Gasteiger partial charge on any atom is 0.355 e. The van der Waals surface area contributed by atoms with Crippen LogP contribution in [0.1, 0.15) is 28.4 Å². The third-order valence-corrected chi connectivity index (χ3v) is 6.47. The number of hydrogen-bond donors (Lipinski definition) is 1.